The van der Waals surface area contributed by atoms with Gasteiger partial charge in [-0.05, 0) is 41.8 Å². The first-order valence-electron chi connectivity index (χ1n) is 12.3. The fourth-order valence-electron chi connectivity index (χ4n) is 4.89. The molecular formula is C28H22F2N6O4. The highest BCUT2D eigenvalue weighted by Crippen LogP contribution is 2.36. The summed E-state index contributed by atoms with van der Waals surface area (Å²) in [7, 11) is 1.54. The molecule has 0 radical (unpaired) electrons. The van der Waals surface area contributed by atoms with E-state index in [1.807, 2.05) is 0 Å². The van der Waals surface area contributed by atoms with E-state index in [9.17, 15) is 14.3 Å². The Labute approximate surface area is 226 Å². The first kappa shape index (κ1) is 25.2. The molecule has 5 aromatic rings. The Bertz CT molecular complexity index is 1710. The van der Waals surface area contributed by atoms with Crippen molar-refractivity contribution in [3.05, 3.63) is 95.4 Å². The Kier molecular flexibility index (Phi) is 6.42. The third-order valence-electron chi connectivity index (χ3n) is 6.80. The van der Waals surface area contributed by atoms with E-state index in [0.29, 0.717) is 34.7 Å². The van der Waals surface area contributed by atoms with Gasteiger partial charge in [-0.1, -0.05) is 29.4 Å². The van der Waals surface area contributed by atoms with E-state index < -0.39 is 23.6 Å². The second-order valence-electron chi connectivity index (χ2n) is 9.16. The number of aliphatic carboxylic acids is 1. The van der Waals surface area contributed by atoms with E-state index in [0.717, 1.165) is 11.8 Å². The summed E-state index contributed by atoms with van der Waals surface area (Å²) < 4.78 is 41.4. The number of ether oxygens (including phenoxy) is 1. The number of carboxylic acids is 1. The van der Waals surface area contributed by atoms with Crippen LogP contribution in [0.25, 0.3) is 22.9 Å². The summed E-state index contributed by atoms with van der Waals surface area (Å²) in [6, 6.07) is 13.6. The molecule has 0 saturated heterocycles. The van der Waals surface area contributed by atoms with E-state index >= 15 is 4.39 Å². The van der Waals surface area contributed by atoms with Crippen molar-refractivity contribution >= 4 is 11.8 Å². The maximum atomic E-state index is 15.2. The smallest absolute Gasteiger partial charge is 0.331 e. The summed E-state index contributed by atoms with van der Waals surface area (Å²) >= 11 is 0. The van der Waals surface area contributed by atoms with Crippen LogP contribution in [0.15, 0.2) is 71.6 Å². The van der Waals surface area contributed by atoms with Gasteiger partial charge in [-0.3, -0.25) is 4.68 Å². The molecule has 1 aliphatic rings. The van der Waals surface area contributed by atoms with E-state index in [-0.39, 0.29) is 30.4 Å². The highest BCUT2D eigenvalue weighted by molar-refractivity contribution is 5.81. The normalized spacial score (nSPS) is 14.7. The van der Waals surface area contributed by atoms with Crippen LogP contribution < -0.4 is 9.64 Å². The number of anilines is 1. The van der Waals surface area contributed by atoms with Crippen LogP contribution in [0.3, 0.4) is 0 Å². The number of halogens is 2. The standard InChI is InChI=1S/C28H22F2N6O4/c1-39-18-6-7-19-16(12-18)8-10-35(25(19)28(37)38)27-21(30)14-31-26(32-27)23-13-24(22-9-11-40-34-22)36(33-23)15-17-4-2-3-5-20(17)29/h2-7,9,11-14,25H,8,10,15H2,1H3,(H,37,38). The molecule has 0 aliphatic carbocycles. The average Bonchev–Trinajstić information content (AvgIpc) is 3.64. The second-order valence-corrected chi connectivity index (χ2v) is 9.16. The number of hydrogen-bond donors (Lipinski definition) is 1. The fraction of sp³-hybridized carbons (Fsp3) is 0.179. The molecule has 0 fully saturated rings. The monoisotopic (exact) mass is 544 g/mol. The van der Waals surface area contributed by atoms with E-state index in [4.69, 9.17) is 9.26 Å². The molecule has 2 aromatic carbocycles. The third kappa shape index (κ3) is 4.53. The van der Waals surface area contributed by atoms with Crippen LogP contribution in [-0.2, 0) is 17.8 Å². The number of benzene rings is 2. The summed E-state index contributed by atoms with van der Waals surface area (Å²) in [6.45, 7) is 0.285. The topological polar surface area (TPSA) is 119 Å². The SMILES string of the molecule is COc1ccc2c(c1)CCN(c1nc(-c3cc(-c4ccon4)n(Cc4ccccc4F)n3)ncc1F)C2C(=O)O. The number of carbonyl (C=O) groups is 1. The number of methoxy groups -OCH3 is 1. The van der Waals surface area contributed by atoms with Gasteiger partial charge in [-0.25, -0.2) is 23.5 Å². The van der Waals surface area contributed by atoms with E-state index in [1.54, 1.807) is 48.5 Å². The Morgan fingerprint density at radius 1 is 1.12 bits per heavy atom. The number of aromatic nitrogens is 5. The number of hydrogen-bond acceptors (Lipinski definition) is 8. The van der Waals surface area contributed by atoms with Crippen LogP contribution in [-0.4, -0.2) is 49.6 Å². The molecule has 0 spiro atoms. The molecule has 12 heteroatoms. The number of carboxylic acid groups (broad SMARTS) is 1. The number of fused-ring (bicyclic) bond motifs is 1. The quantitative estimate of drug-likeness (QED) is 0.315. The van der Waals surface area contributed by atoms with Crippen molar-refractivity contribution in [2.24, 2.45) is 0 Å². The van der Waals surface area contributed by atoms with Crippen LogP contribution >= 0.6 is 0 Å². The maximum Gasteiger partial charge on any atom is 0.331 e. The van der Waals surface area contributed by atoms with Gasteiger partial charge in [0.05, 0.1) is 25.5 Å². The molecule has 1 atom stereocenters. The van der Waals surface area contributed by atoms with E-state index in [1.165, 1.54) is 29.0 Å². The molecule has 0 bridgehead atoms. The predicted molar refractivity (Wildman–Crippen MR) is 139 cm³/mol. The zero-order valence-electron chi connectivity index (χ0n) is 21.2. The van der Waals surface area contributed by atoms with Crippen molar-refractivity contribution in [3.63, 3.8) is 0 Å². The summed E-state index contributed by atoms with van der Waals surface area (Å²) in [5.41, 5.74) is 2.96. The summed E-state index contributed by atoms with van der Waals surface area (Å²) in [5, 5.41) is 18.7. The van der Waals surface area contributed by atoms with Crippen LogP contribution in [0.1, 0.15) is 22.7 Å². The lowest BCUT2D eigenvalue weighted by atomic mass is 9.92. The largest absolute Gasteiger partial charge is 0.497 e. The predicted octanol–water partition coefficient (Wildman–Crippen LogP) is 4.52. The van der Waals surface area contributed by atoms with Crippen LogP contribution in [0, 0.1) is 11.6 Å². The first-order chi connectivity index (χ1) is 19.4. The minimum absolute atomic E-state index is 0.0677. The lowest BCUT2D eigenvalue weighted by molar-refractivity contribution is -0.138. The van der Waals surface area contributed by atoms with Crippen molar-refractivity contribution in [2.45, 2.75) is 19.0 Å². The van der Waals surface area contributed by atoms with Crippen LogP contribution in [0.4, 0.5) is 14.6 Å². The molecule has 3 aromatic heterocycles. The van der Waals surface area contributed by atoms with Gasteiger partial charge >= 0.3 is 5.97 Å². The Morgan fingerprint density at radius 3 is 2.73 bits per heavy atom. The van der Waals surface area contributed by atoms with Crippen molar-refractivity contribution in [1.82, 2.24) is 24.9 Å². The van der Waals surface area contributed by atoms with Gasteiger partial charge in [0.25, 0.3) is 0 Å². The zero-order chi connectivity index (χ0) is 27.8. The summed E-state index contributed by atoms with van der Waals surface area (Å²) in [5.74, 6) is -1.79. The van der Waals surface area contributed by atoms with Gasteiger partial charge in [0.2, 0.25) is 0 Å². The van der Waals surface area contributed by atoms with Crippen LogP contribution in [0.5, 0.6) is 5.75 Å². The van der Waals surface area contributed by atoms with Gasteiger partial charge in [0.15, 0.2) is 23.5 Å². The molecule has 4 heterocycles. The highest BCUT2D eigenvalue weighted by Gasteiger charge is 2.36. The molecule has 1 aliphatic heterocycles. The van der Waals surface area contributed by atoms with Gasteiger partial charge in [-0.15, -0.1) is 0 Å². The minimum Gasteiger partial charge on any atom is -0.497 e. The van der Waals surface area contributed by atoms with Gasteiger partial charge in [-0.2, -0.15) is 5.10 Å². The van der Waals surface area contributed by atoms with Crippen LogP contribution in [0.2, 0.25) is 0 Å². The minimum atomic E-state index is -1.17. The first-order valence-corrected chi connectivity index (χ1v) is 12.3. The third-order valence-corrected chi connectivity index (χ3v) is 6.80. The van der Waals surface area contributed by atoms with Gasteiger partial charge in [0, 0.05) is 18.2 Å². The molecular weight excluding hydrogens is 522 g/mol. The van der Waals surface area contributed by atoms with Crippen molar-refractivity contribution in [3.8, 4) is 28.7 Å². The molecule has 10 nitrogen and oxygen atoms in total. The fourth-order valence-corrected chi connectivity index (χ4v) is 4.89. The lowest BCUT2D eigenvalue weighted by Gasteiger charge is -2.35. The number of rotatable bonds is 7. The summed E-state index contributed by atoms with van der Waals surface area (Å²) in [6.07, 6.45) is 2.85. The molecule has 202 valence electrons. The Balaban J connectivity index is 1.41. The van der Waals surface area contributed by atoms with Crippen molar-refractivity contribution in [1.29, 1.82) is 0 Å². The number of nitrogens with zero attached hydrogens (tertiary/aromatic N) is 6. The van der Waals surface area contributed by atoms with Gasteiger partial charge in [0.1, 0.15) is 29.2 Å². The van der Waals surface area contributed by atoms with Crippen molar-refractivity contribution in [2.75, 3.05) is 18.6 Å². The molecule has 0 saturated carbocycles. The molecule has 0 amide bonds. The molecule has 1 unspecified atom stereocenters. The highest BCUT2D eigenvalue weighted by atomic mass is 19.1. The summed E-state index contributed by atoms with van der Waals surface area (Å²) in [4.78, 5) is 22.4. The molecule has 40 heavy (non-hydrogen) atoms. The average molecular weight is 545 g/mol. The lowest BCUT2D eigenvalue weighted by Crippen LogP contribution is -2.41. The molecule has 1 N–H and O–H groups in total. The Hall–Kier alpha value is -5.13. The molecule has 6 rings (SSSR count). The second kappa shape index (κ2) is 10.2. The van der Waals surface area contributed by atoms with Crippen molar-refractivity contribution < 1.29 is 27.9 Å². The van der Waals surface area contributed by atoms with Gasteiger partial charge < -0.3 is 19.3 Å². The zero-order valence-corrected chi connectivity index (χ0v) is 21.2. The van der Waals surface area contributed by atoms with E-state index in [2.05, 4.69) is 20.2 Å². The maximum absolute atomic E-state index is 15.2. The Morgan fingerprint density at radius 2 is 1.98 bits per heavy atom.